The first-order chi connectivity index (χ1) is 14.5. The van der Waals surface area contributed by atoms with Gasteiger partial charge in [0.25, 0.3) is 5.91 Å². The Bertz CT molecular complexity index is 1110. The average Bonchev–Trinajstić information content (AvgIpc) is 2.76. The Labute approximate surface area is 182 Å². The van der Waals surface area contributed by atoms with Crippen LogP contribution >= 0.6 is 15.9 Å². The summed E-state index contributed by atoms with van der Waals surface area (Å²) in [5.74, 6) is -0.532. The first-order valence-corrected chi connectivity index (χ1v) is 9.83. The third kappa shape index (κ3) is 5.25. The Kier molecular flexibility index (Phi) is 6.83. The number of ether oxygens (including phenoxy) is 1. The predicted molar refractivity (Wildman–Crippen MR) is 115 cm³/mol. The lowest BCUT2D eigenvalue weighted by Crippen LogP contribution is -2.37. The number of hydrogen-bond acceptors (Lipinski definition) is 4. The molecule has 1 unspecified atom stereocenters. The zero-order chi connectivity index (χ0) is 21.5. The van der Waals surface area contributed by atoms with Crippen LogP contribution in [0.1, 0.15) is 33.1 Å². The highest BCUT2D eigenvalue weighted by Gasteiger charge is 2.21. The van der Waals surface area contributed by atoms with Gasteiger partial charge in [-0.25, -0.2) is 0 Å². The lowest BCUT2D eigenvalue weighted by atomic mass is 10.1. The standard InChI is InChI=1S/C23H18BrN3O3/c24-19-7-3-6-16(12-19)21(22(26)28)27-23(29)15-8-10-20(11-9-15)30-14-18-5-2-1-4-17(18)13-25/h1-12,21H,14H2,(H2,26,28)(H,27,29). The first-order valence-electron chi connectivity index (χ1n) is 9.04. The summed E-state index contributed by atoms with van der Waals surface area (Å²) in [7, 11) is 0. The third-order valence-corrected chi connectivity index (χ3v) is 4.88. The Morgan fingerprint density at radius 2 is 1.80 bits per heavy atom. The number of carbonyl (C=O) groups excluding carboxylic acids is 2. The van der Waals surface area contributed by atoms with Crippen LogP contribution in [0.15, 0.2) is 77.3 Å². The highest BCUT2D eigenvalue weighted by Crippen LogP contribution is 2.20. The molecule has 0 radical (unpaired) electrons. The Balaban J connectivity index is 1.67. The highest BCUT2D eigenvalue weighted by atomic mass is 79.9. The molecule has 2 amide bonds. The lowest BCUT2D eigenvalue weighted by molar-refractivity contribution is -0.120. The van der Waals surface area contributed by atoms with Crippen LogP contribution in [0, 0.1) is 11.3 Å². The molecule has 0 fully saturated rings. The number of amides is 2. The molecule has 3 aromatic carbocycles. The second-order valence-corrected chi connectivity index (χ2v) is 7.36. The second-order valence-electron chi connectivity index (χ2n) is 6.45. The van der Waals surface area contributed by atoms with Gasteiger partial charge in [0.05, 0.1) is 11.6 Å². The van der Waals surface area contributed by atoms with Gasteiger partial charge in [-0.15, -0.1) is 0 Å². The fraction of sp³-hybridized carbons (Fsp3) is 0.0870. The van der Waals surface area contributed by atoms with Gasteiger partial charge in [-0.1, -0.05) is 46.3 Å². The summed E-state index contributed by atoms with van der Waals surface area (Å²) in [5, 5.41) is 11.8. The minimum absolute atomic E-state index is 0.238. The molecule has 0 aliphatic rings. The van der Waals surface area contributed by atoms with Crippen molar-refractivity contribution in [1.82, 2.24) is 5.32 Å². The topological polar surface area (TPSA) is 105 Å². The normalized spacial score (nSPS) is 11.2. The molecule has 3 rings (SSSR count). The van der Waals surface area contributed by atoms with E-state index in [1.54, 1.807) is 54.6 Å². The monoisotopic (exact) mass is 463 g/mol. The summed E-state index contributed by atoms with van der Waals surface area (Å²) in [6, 6.07) is 21.9. The van der Waals surface area contributed by atoms with Crippen LogP contribution < -0.4 is 15.8 Å². The summed E-state index contributed by atoms with van der Waals surface area (Å²) in [6.45, 7) is 0.238. The van der Waals surface area contributed by atoms with E-state index in [2.05, 4.69) is 27.3 Å². The van der Waals surface area contributed by atoms with Crippen LogP contribution in [-0.2, 0) is 11.4 Å². The summed E-state index contributed by atoms with van der Waals surface area (Å²) in [6.07, 6.45) is 0. The maximum absolute atomic E-state index is 12.6. The largest absolute Gasteiger partial charge is 0.489 e. The van der Waals surface area contributed by atoms with E-state index in [-0.39, 0.29) is 6.61 Å². The molecule has 3 N–H and O–H groups in total. The van der Waals surface area contributed by atoms with Gasteiger partial charge in [-0.2, -0.15) is 5.26 Å². The van der Waals surface area contributed by atoms with Gasteiger partial charge in [0, 0.05) is 15.6 Å². The second kappa shape index (κ2) is 9.72. The lowest BCUT2D eigenvalue weighted by Gasteiger charge is -2.16. The fourth-order valence-electron chi connectivity index (χ4n) is 2.84. The summed E-state index contributed by atoms with van der Waals surface area (Å²) >= 11 is 3.34. The number of hydrogen-bond donors (Lipinski definition) is 2. The molecular weight excluding hydrogens is 446 g/mol. The highest BCUT2D eigenvalue weighted by molar-refractivity contribution is 9.10. The van der Waals surface area contributed by atoms with Crippen molar-refractivity contribution < 1.29 is 14.3 Å². The van der Waals surface area contributed by atoms with Gasteiger partial charge in [0.1, 0.15) is 18.4 Å². The van der Waals surface area contributed by atoms with Gasteiger partial charge in [-0.05, 0) is 48.0 Å². The number of nitrogens with two attached hydrogens (primary N) is 1. The van der Waals surface area contributed by atoms with Gasteiger partial charge < -0.3 is 15.8 Å². The molecule has 30 heavy (non-hydrogen) atoms. The van der Waals surface area contributed by atoms with Gasteiger partial charge in [0.2, 0.25) is 5.91 Å². The summed E-state index contributed by atoms with van der Waals surface area (Å²) in [5.41, 5.74) is 7.75. The number of benzene rings is 3. The van der Waals surface area contributed by atoms with Crippen LogP contribution in [0.5, 0.6) is 5.75 Å². The van der Waals surface area contributed by atoms with Gasteiger partial charge in [-0.3, -0.25) is 9.59 Å². The number of rotatable bonds is 7. The molecule has 0 aliphatic heterocycles. The van der Waals surface area contributed by atoms with Crippen LogP contribution in [0.4, 0.5) is 0 Å². The van der Waals surface area contributed by atoms with Gasteiger partial charge >= 0.3 is 0 Å². The number of nitrogens with one attached hydrogen (secondary N) is 1. The molecule has 1 atom stereocenters. The van der Waals surface area contributed by atoms with E-state index in [1.165, 1.54) is 0 Å². The fourth-order valence-corrected chi connectivity index (χ4v) is 3.26. The molecule has 0 spiro atoms. The molecule has 6 nitrogen and oxygen atoms in total. The Morgan fingerprint density at radius 3 is 2.47 bits per heavy atom. The van der Waals surface area contributed by atoms with Crippen molar-refractivity contribution in [3.05, 3.63) is 99.5 Å². The molecule has 0 saturated carbocycles. The van der Waals surface area contributed by atoms with Crippen LogP contribution in [0.25, 0.3) is 0 Å². The maximum Gasteiger partial charge on any atom is 0.252 e. The average molecular weight is 464 g/mol. The number of nitriles is 1. The third-order valence-electron chi connectivity index (χ3n) is 4.39. The van der Waals surface area contributed by atoms with Crippen molar-refractivity contribution in [3.8, 4) is 11.8 Å². The number of carbonyl (C=O) groups is 2. The minimum Gasteiger partial charge on any atom is -0.489 e. The molecule has 150 valence electrons. The summed E-state index contributed by atoms with van der Waals surface area (Å²) < 4.78 is 6.49. The van der Waals surface area contributed by atoms with E-state index in [0.717, 1.165) is 10.0 Å². The molecule has 0 heterocycles. The summed E-state index contributed by atoms with van der Waals surface area (Å²) in [4.78, 5) is 24.4. The zero-order valence-electron chi connectivity index (χ0n) is 15.8. The van der Waals surface area contributed by atoms with Crippen molar-refractivity contribution >= 4 is 27.7 Å². The van der Waals surface area contributed by atoms with Crippen molar-refractivity contribution in [2.45, 2.75) is 12.6 Å². The molecule has 0 saturated heterocycles. The first kappa shape index (κ1) is 21.1. The zero-order valence-corrected chi connectivity index (χ0v) is 17.4. The Hall–Kier alpha value is -3.63. The predicted octanol–water partition coefficient (Wildman–Crippen LogP) is 3.86. The quantitative estimate of drug-likeness (QED) is 0.554. The molecule has 7 heteroatoms. The molecular formula is C23H18BrN3O3. The Morgan fingerprint density at radius 1 is 1.07 bits per heavy atom. The minimum atomic E-state index is -0.951. The van der Waals surface area contributed by atoms with E-state index in [1.807, 2.05) is 18.2 Å². The number of nitrogens with zero attached hydrogens (tertiary/aromatic N) is 1. The van der Waals surface area contributed by atoms with E-state index in [9.17, 15) is 9.59 Å². The van der Waals surface area contributed by atoms with E-state index in [0.29, 0.717) is 22.4 Å². The number of primary amides is 1. The van der Waals surface area contributed by atoms with Crippen LogP contribution in [0.3, 0.4) is 0 Å². The van der Waals surface area contributed by atoms with Crippen molar-refractivity contribution in [2.75, 3.05) is 0 Å². The SMILES string of the molecule is N#Cc1ccccc1COc1ccc(C(=O)NC(C(N)=O)c2cccc(Br)c2)cc1. The molecule has 0 aliphatic carbocycles. The van der Waals surface area contributed by atoms with Crippen molar-refractivity contribution in [1.29, 1.82) is 5.26 Å². The molecule has 0 bridgehead atoms. The molecule has 0 aromatic heterocycles. The van der Waals surface area contributed by atoms with Crippen LogP contribution in [-0.4, -0.2) is 11.8 Å². The van der Waals surface area contributed by atoms with E-state index < -0.39 is 17.9 Å². The molecule has 3 aromatic rings. The van der Waals surface area contributed by atoms with E-state index >= 15 is 0 Å². The van der Waals surface area contributed by atoms with Crippen molar-refractivity contribution in [3.63, 3.8) is 0 Å². The number of halogens is 1. The van der Waals surface area contributed by atoms with Gasteiger partial charge in [0.15, 0.2) is 0 Å². The maximum atomic E-state index is 12.6. The van der Waals surface area contributed by atoms with E-state index in [4.69, 9.17) is 15.7 Å². The van der Waals surface area contributed by atoms with Crippen LogP contribution in [0.2, 0.25) is 0 Å². The van der Waals surface area contributed by atoms with Crippen molar-refractivity contribution in [2.24, 2.45) is 5.73 Å². The smallest absolute Gasteiger partial charge is 0.252 e.